The molecule has 90 valence electrons. The Morgan fingerprint density at radius 3 is 2.60 bits per heavy atom. The molecule has 0 aromatic carbocycles. The summed E-state index contributed by atoms with van der Waals surface area (Å²) in [5.41, 5.74) is 6.20. The molecule has 0 spiro atoms. The maximum Gasteiger partial charge on any atom is 0.0590 e. The van der Waals surface area contributed by atoms with Crippen molar-refractivity contribution in [3.05, 3.63) is 0 Å². The molecule has 2 N–H and O–H groups in total. The van der Waals surface area contributed by atoms with Crippen LogP contribution in [0, 0.1) is 5.92 Å². The van der Waals surface area contributed by atoms with Gasteiger partial charge in [0.05, 0.1) is 6.10 Å². The van der Waals surface area contributed by atoms with Crippen LogP contribution in [-0.4, -0.2) is 18.8 Å². The molecule has 1 saturated heterocycles. The summed E-state index contributed by atoms with van der Waals surface area (Å²) in [5.74, 6) is 0.608. The van der Waals surface area contributed by atoms with Crippen LogP contribution in [-0.2, 0) is 4.74 Å². The lowest BCUT2D eigenvalue weighted by molar-refractivity contribution is 0.0984. The van der Waals surface area contributed by atoms with Crippen LogP contribution in [0.3, 0.4) is 0 Å². The van der Waals surface area contributed by atoms with Gasteiger partial charge in [0.25, 0.3) is 0 Å². The average Bonchev–Trinajstić information content (AvgIpc) is 2.64. The van der Waals surface area contributed by atoms with Crippen LogP contribution in [0.4, 0.5) is 0 Å². The summed E-state index contributed by atoms with van der Waals surface area (Å²) in [6.07, 6.45) is 9.45. The standard InChI is InChI=1S/C13H27NO/c1-3-4-5-6-7-8-13(14)12-9-10-15-11(12)2/h11-13H,3-10,14H2,1-2H3. The van der Waals surface area contributed by atoms with Crippen molar-refractivity contribution in [1.82, 2.24) is 0 Å². The minimum atomic E-state index is 0.365. The maximum absolute atomic E-state index is 6.20. The molecule has 0 aliphatic carbocycles. The Kier molecular flexibility index (Phi) is 6.26. The van der Waals surface area contributed by atoms with Crippen molar-refractivity contribution in [3.63, 3.8) is 0 Å². The van der Waals surface area contributed by atoms with Gasteiger partial charge in [-0.25, -0.2) is 0 Å². The Labute approximate surface area is 94.6 Å². The van der Waals surface area contributed by atoms with E-state index in [-0.39, 0.29) is 0 Å². The molecular weight excluding hydrogens is 186 g/mol. The molecule has 1 rings (SSSR count). The van der Waals surface area contributed by atoms with E-state index in [0.717, 1.165) is 13.0 Å². The first-order valence-corrected chi connectivity index (χ1v) is 6.63. The zero-order valence-electron chi connectivity index (χ0n) is 10.4. The Hall–Kier alpha value is -0.0800. The summed E-state index contributed by atoms with van der Waals surface area (Å²) in [5, 5.41) is 0. The van der Waals surface area contributed by atoms with Gasteiger partial charge < -0.3 is 10.5 Å². The molecule has 0 aromatic heterocycles. The van der Waals surface area contributed by atoms with Crippen molar-refractivity contribution in [2.75, 3.05) is 6.61 Å². The molecule has 15 heavy (non-hydrogen) atoms. The summed E-state index contributed by atoms with van der Waals surface area (Å²) in [4.78, 5) is 0. The number of unbranched alkanes of at least 4 members (excludes halogenated alkanes) is 4. The van der Waals surface area contributed by atoms with E-state index < -0.39 is 0 Å². The van der Waals surface area contributed by atoms with E-state index in [1.54, 1.807) is 0 Å². The second-order valence-electron chi connectivity index (χ2n) is 4.90. The van der Waals surface area contributed by atoms with Crippen molar-refractivity contribution in [2.45, 2.75) is 70.9 Å². The van der Waals surface area contributed by atoms with Gasteiger partial charge in [-0.05, 0) is 19.8 Å². The first-order chi connectivity index (χ1) is 7.25. The van der Waals surface area contributed by atoms with Crippen LogP contribution in [0.1, 0.15) is 58.8 Å². The normalized spacial score (nSPS) is 28.2. The zero-order valence-corrected chi connectivity index (χ0v) is 10.4. The van der Waals surface area contributed by atoms with Crippen LogP contribution in [0.5, 0.6) is 0 Å². The predicted molar refractivity (Wildman–Crippen MR) is 64.9 cm³/mol. The molecule has 1 aliphatic rings. The van der Waals surface area contributed by atoms with Gasteiger partial charge in [-0.3, -0.25) is 0 Å². The van der Waals surface area contributed by atoms with E-state index in [0.29, 0.717) is 18.1 Å². The molecule has 1 aliphatic heterocycles. The van der Waals surface area contributed by atoms with Gasteiger partial charge in [0.2, 0.25) is 0 Å². The van der Waals surface area contributed by atoms with Crippen molar-refractivity contribution < 1.29 is 4.74 Å². The van der Waals surface area contributed by atoms with E-state index in [9.17, 15) is 0 Å². The highest BCUT2D eigenvalue weighted by Crippen LogP contribution is 2.25. The third-order valence-electron chi connectivity index (χ3n) is 3.63. The lowest BCUT2D eigenvalue weighted by atomic mass is 9.90. The lowest BCUT2D eigenvalue weighted by Gasteiger charge is -2.21. The van der Waals surface area contributed by atoms with Crippen molar-refractivity contribution in [2.24, 2.45) is 11.7 Å². The molecular formula is C13H27NO. The number of hydrogen-bond acceptors (Lipinski definition) is 2. The van der Waals surface area contributed by atoms with Crippen LogP contribution in [0.25, 0.3) is 0 Å². The first-order valence-electron chi connectivity index (χ1n) is 6.63. The minimum absolute atomic E-state index is 0.365. The third-order valence-corrected chi connectivity index (χ3v) is 3.63. The van der Waals surface area contributed by atoms with Crippen LogP contribution < -0.4 is 5.73 Å². The van der Waals surface area contributed by atoms with Crippen molar-refractivity contribution in [3.8, 4) is 0 Å². The van der Waals surface area contributed by atoms with Gasteiger partial charge in [-0.2, -0.15) is 0 Å². The summed E-state index contributed by atoms with van der Waals surface area (Å²) >= 11 is 0. The van der Waals surface area contributed by atoms with Crippen LogP contribution >= 0.6 is 0 Å². The molecule has 0 bridgehead atoms. The fraction of sp³-hybridized carbons (Fsp3) is 1.00. The number of nitrogens with two attached hydrogens (primary N) is 1. The second-order valence-corrected chi connectivity index (χ2v) is 4.90. The topological polar surface area (TPSA) is 35.2 Å². The van der Waals surface area contributed by atoms with Gasteiger partial charge in [0, 0.05) is 18.6 Å². The monoisotopic (exact) mass is 213 g/mol. The molecule has 1 fully saturated rings. The van der Waals surface area contributed by atoms with Crippen LogP contribution in [0.2, 0.25) is 0 Å². The highest BCUT2D eigenvalue weighted by atomic mass is 16.5. The van der Waals surface area contributed by atoms with E-state index in [4.69, 9.17) is 10.5 Å². The molecule has 0 aromatic rings. The molecule has 0 radical (unpaired) electrons. The smallest absolute Gasteiger partial charge is 0.0590 e. The van der Waals surface area contributed by atoms with Gasteiger partial charge in [0.15, 0.2) is 0 Å². The number of ether oxygens (including phenoxy) is 1. The maximum atomic E-state index is 6.20. The van der Waals surface area contributed by atoms with Gasteiger partial charge in [-0.1, -0.05) is 39.0 Å². The molecule has 3 atom stereocenters. The number of rotatable bonds is 7. The van der Waals surface area contributed by atoms with Gasteiger partial charge >= 0.3 is 0 Å². The molecule has 2 heteroatoms. The van der Waals surface area contributed by atoms with Gasteiger partial charge in [0.1, 0.15) is 0 Å². The summed E-state index contributed by atoms with van der Waals surface area (Å²) in [7, 11) is 0. The zero-order chi connectivity index (χ0) is 11.1. The second kappa shape index (κ2) is 7.24. The molecule has 0 amide bonds. The van der Waals surface area contributed by atoms with E-state index >= 15 is 0 Å². The predicted octanol–water partition coefficient (Wildman–Crippen LogP) is 3.10. The van der Waals surface area contributed by atoms with E-state index in [2.05, 4.69) is 13.8 Å². The molecule has 1 heterocycles. The minimum Gasteiger partial charge on any atom is -0.378 e. The molecule has 3 unspecified atom stereocenters. The first kappa shape index (κ1) is 13.0. The highest BCUT2D eigenvalue weighted by Gasteiger charge is 2.28. The lowest BCUT2D eigenvalue weighted by Crippen LogP contribution is -2.34. The SMILES string of the molecule is CCCCCCCC(N)C1CCOC1C. The Bertz CT molecular complexity index is 161. The summed E-state index contributed by atoms with van der Waals surface area (Å²) in [6, 6.07) is 0.365. The number of hydrogen-bond donors (Lipinski definition) is 1. The van der Waals surface area contributed by atoms with Crippen molar-refractivity contribution >= 4 is 0 Å². The third kappa shape index (κ3) is 4.52. The van der Waals surface area contributed by atoms with Gasteiger partial charge in [-0.15, -0.1) is 0 Å². The van der Waals surface area contributed by atoms with Crippen molar-refractivity contribution in [1.29, 1.82) is 0 Å². The summed E-state index contributed by atoms with van der Waals surface area (Å²) < 4.78 is 5.55. The fourth-order valence-corrected chi connectivity index (χ4v) is 2.51. The van der Waals surface area contributed by atoms with Crippen LogP contribution in [0.15, 0.2) is 0 Å². The largest absolute Gasteiger partial charge is 0.378 e. The highest BCUT2D eigenvalue weighted by molar-refractivity contribution is 4.81. The Morgan fingerprint density at radius 2 is 2.00 bits per heavy atom. The average molecular weight is 213 g/mol. The molecule has 2 nitrogen and oxygen atoms in total. The Balaban J connectivity index is 2.05. The van der Waals surface area contributed by atoms with E-state index in [1.807, 2.05) is 0 Å². The molecule has 0 saturated carbocycles. The summed E-state index contributed by atoms with van der Waals surface area (Å²) in [6.45, 7) is 5.33. The Morgan fingerprint density at radius 1 is 1.27 bits per heavy atom. The fourth-order valence-electron chi connectivity index (χ4n) is 2.51. The quantitative estimate of drug-likeness (QED) is 0.660. The van der Waals surface area contributed by atoms with E-state index in [1.165, 1.54) is 38.5 Å².